The van der Waals surface area contributed by atoms with Gasteiger partial charge in [0.15, 0.2) is 0 Å². The quantitative estimate of drug-likeness (QED) is 0.171. The van der Waals surface area contributed by atoms with E-state index in [-0.39, 0.29) is 0 Å². The van der Waals surface area contributed by atoms with E-state index in [2.05, 4.69) is 37.5 Å². The third kappa shape index (κ3) is 12.8. The average molecular weight is 1100 g/mol. The van der Waals surface area contributed by atoms with Crippen molar-refractivity contribution >= 4 is 0 Å². The summed E-state index contributed by atoms with van der Waals surface area (Å²) >= 11 is 0. The zero-order valence-corrected chi connectivity index (χ0v) is 53.6. The van der Waals surface area contributed by atoms with Crippen LogP contribution in [0.3, 0.4) is 0 Å². The second kappa shape index (κ2) is 25.9. The van der Waals surface area contributed by atoms with Crippen LogP contribution in [0.15, 0.2) is 0 Å². The van der Waals surface area contributed by atoms with Gasteiger partial charge in [0.25, 0.3) is 0 Å². The van der Waals surface area contributed by atoms with Crippen molar-refractivity contribution in [3.63, 3.8) is 0 Å². The first kappa shape index (κ1) is 57.7. The van der Waals surface area contributed by atoms with Crippen molar-refractivity contribution in [3.8, 4) is 0 Å². The lowest BCUT2D eigenvalue weighted by Crippen LogP contribution is -2.57. The van der Waals surface area contributed by atoms with E-state index in [9.17, 15) is 0 Å². The van der Waals surface area contributed by atoms with Gasteiger partial charge in [-0.1, -0.05) is 79.1 Å². The molecule has 14 aliphatic carbocycles. The van der Waals surface area contributed by atoms with Crippen LogP contribution < -0.4 is 0 Å². The van der Waals surface area contributed by atoms with Gasteiger partial charge in [-0.25, -0.2) is 0 Å². The van der Waals surface area contributed by atoms with E-state index in [4.69, 9.17) is 0 Å². The summed E-state index contributed by atoms with van der Waals surface area (Å²) in [6.07, 6.45) is 72.3. The molecule has 4 unspecified atom stereocenters. The van der Waals surface area contributed by atoms with Gasteiger partial charge in [0, 0.05) is 36.3 Å². The van der Waals surface area contributed by atoms with Crippen LogP contribution in [0.5, 0.6) is 0 Å². The first-order valence-electron chi connectivity index (χ1n) is 38.7. The molecule has 14 rings (SSSR count). The van der Waals surface area contributed by atoms with Crippen LogP contribution in [0.25, 0.3) is 0 Å². The van der Waals surface area contributed by atoms with Gasteiger partial charge in [0.05, 0.1) is 0 Å². The van der Waals surface area contributed by atoms with Gasteiger partial charge in [-0.3, -0.25) is 9.80 Å². The second-order valence-corrected chi connectivity index (χ2v) is 35.7. The lowest BCUT2D eigenvalue weighted by Gasteiger charge is -2.56. The van der Waals surface area contributed by atoms with Crippen molar-refractivity contribution in [1.82, 2.24) is 9.80 Å². The number of rotatable bonds is 14. The molecule has 0 aromatic rings. The third-order valence-corrected chi connectivity index (χ3v) is 31.5. The van der Waals surface area contributed by atoms with Gasteiger partial charge >= 0.3 is 0 Å². The smallest absolute Gasteiger partial charge is 0.0104 e. The molecule has 4 atom stereocenters. The van der Waals surface area contributed by atoms with E-state index in [1.807, 2.05) is 0 Å². The molecule has 0 saturated heterocycles. The number of fused-ring (bicyclic) bond motifs is 1. The Morgan fingerprint density at radius 1 is 0.138 bits per heavy atom. The fourth-order valence-corrected chi connectivity index (χ4v) is 25.6. The molecule has 0 aromatic heterocycles. The third-order valence-electron chi connectivity index (χ3n) is 31.5. The summed E-state index contributed by atoms with van der Waals surface area (Å²) in [5.41, 5.74) is 0. The van der Waals surface area contributed by atoms with E-state index < -0.39 is 0 Å². The summed E-state index contributed by atoms with van der Waals surface area (Å²) in [7, 11) is 0. The Kier molecular flexibility index (Phi) is 18.7. The number of hydrogen-bond acceptors (Lipinski definition) is 2. The van der Waals surface area contributed by atoms with Crippen molar-refractivity contribution in [2.24, 2.45) is 130 Å². The molecule has 0 aliphatic heterocycles. The summed E-state index contributed by atoms with van der Waals surface area (Å²) in [6, 6.07) is 5.45. The Morgan fingerprint density at radius 3 is 0.475 bits per heavy atom. The Balaban J connectivity index is 0.607. The molecule has 0 radical (unpaired) electrons. The largest absolute Gasteiger partial charge is 0.294 e. The standard InChI is InChI=1S/C78H132N2/c1-51-5-13-55(14-6-51)65-41-69(42-65)59-21-31-73(32-22-59)79(74-33-23-60(24-34-74)70-43-66(44-70)56-15-7-52(2)8-16-56)77-39-29-64-50-78(40-30-63(64)49-77)80(75-35-25-61(26-36-75)71-45-67(46-71)57-17-9-53(3)10-18-57)76-37-27-62(28-38-76)72-47-68(48-72)58-19-11-54(4)12-20-58/h51-78H,5-50H2,1-4H3. The lowest BCUT2D eigenvalue weighted by atomic mass is 9.58. The molecule has 80 heavy (non-hydrogen) atoms. The van der Waals surface area contributed by atoms with Gasteiger partial charge in [-0.05, 0) is 374 Å². The molecule has 2 heteroatoms. The number of hydrogen-bond donors (Lipinski definition) is 0. The summed E-state index contributed by atoms with van der Waals surface area (Å²) < 4.78 is 0. The molecule has 0 spiro atoms. The van der Waals surface area contributed by atoms with E-state index in [1.165, 1.54) is 51.4 Å². The molecule has 14 saturated carbocycles. The highest BCUT2D eigenvalue weighted by molar-refractivity contribution is 5.03. The van der Waals surface area contributed by atoms with Crippen molar-refractivity contribution in [3.05, 3.63) is 0 Å². The van der Waals surface area contributed by atoms with Crippen LogP contribution in [0, 0.1) is 130 Å². The van der Waals surface area contributed by atoms with Crippen molar-refractivity contribution in [1.29, 1.82) is 0 Å². The molecular formula is C78H132N2. The molecule has 454 valence electrons. The fourth-order valence-electron chi connectivity index (χ4n) is 25.6. The minimum absolute atomic E-state index is 0.904. The summed E-state index contributed by atoms with van der Waals surface area (Å²) in [6.45, 7) is 10.1. The molecule has 0 bridgehead atoms. The lowest BCUT2D eigenvalue weighted by molar-refractivity contribution is -0.0558. The van der Waals surface area contributed by atoms with Crippen molar-refractivity contribution < 1.29 is 0 Å². The van der Waals surface area contributed by atoms with Crippen LogP contribution in [-0.4, -0.2) is 46.1 Å². The first-order valence-corrected chi connectivity index (χ1v) is 38.7. The van der Waals surface area contributed by atoms with Gasteiger partial charge in [-0.15, -0.1) is 0 Å². The molecule has 0 aromatic carbocycles. The van der Waals surface area contributed by atoms with Crippen LogP contribution in [0.2, 0.25) is 0 Å². The fraction of sp³-hybridized carbons (Fsp3) is 1.00. The van der Waals surface area contributed by atoms with Gasteiger partial charge in [0.2, 0.25) is 0 Å². The van der Waals surface area contributed by atoms with Crippen LogP contribution >= 0.6 is 0 Å². The molecular weight excluding hydrogens is 965 g/mol. The maximum absolute atomic E-state index is 3.44. The SMILES string of the molecule is CC1CCC(C2CC(C3CCC(N(C4CCC(C5CC(C6CCC(C)CC6)C5)CC4)C4CCC5CC(N(C6CCC(C7CC(C8CCC(C)CC8)C7)CC6)C6CCC(C7CC(C8CCC(C)CC8)C7)CC6)CCC5C4)CC3)C2)CC1. The summed E-state index contributed by atoms with van der Waals surface area (Å²) in [5, 5.41) is 0. The van der Waals surface area contributed by atoms with Crippen LogP contribution in [0.4, 0.5) is 0 Å². The van der Waals surface area contributed by atoms with E-state index in [1.54, 1.807) is 244 Å². The van der Waals surface area contributed by atoms with Gasteiger partial charge in [-0.2, -0.15) is 0 Å². The first-order chi connectivity index (χ1) is 39.2. The molecule has 0 heterocycles. The Bertz CT molecular complexity index is 1600. The predicted molar refractivity (Wildman–Crippen MR) is 338 cm³/mol. The Hall–Kier alpha value is -0.0800. The minimum Gasteiger partial charge on any atom is -0.294 e. The molecule has 0 N–H and O–H groups in total. The summed E-state index contributed by atoms with van der Waals surface area (Å²) in [4.78, 5) is 6.88. The van der Waals surface area contributed by atoms with Gasteiger partial charge < -0.3 is 0 Å². The highest BCUT2D eigenvalue weighted by Gasteiger charge is 2.50. The van der Waals surface area contributed by atoms with Crippen LogP contribution in [-0.2, 0) is 0 Å². The normalized spacial score (nSPS) is 52.4. The molecule has 14 aliphatic rings. The number of nitrogens with zero attached hydrogens (tertiary/aromatic N) is 2. The zero-order valence-electron chi connectivity index (χ0n) is 53.6. The molecule has 14 fully saturated rings. The minimum atomic E-state index is 0.904. The monoisotopic (exact) mass is 1100 g/mol. The second-order valence-electron chi connectivity index (χ2n) is 35.7. The van der Waals surface area contributed by atoms with Crippen LogP contribution in [0.1, 0.15) is 323 Å². The van der Waals surface area contributed by atoms with Crippen molar-refractivity contribution in [2.75, 3.05) is 0 Å². The van der Waals surface area contributed by atoms with E-state index in [0.29, 0.717) is 0 Å². The Morgan fingerprint density at radius 2 is 0.287 bits per heavy atom. The highest BCUT2D eigenvalue weighted by Crippen LogP contribution is 2.57. The average Bonchev–Trinajstić information content (AvgIpc) is 3.63. The highest BCUT2D eigenvalue weighted by atomic mass is 15.2. The van der Waals surface area contributed by atoms with Crippen molar-refractivity contribution in [2.45, 2.75) is 359 Å². The Labute approximate surface area is 496 Å². The zero-order chi connectivity index (χ0) is 53.8. The topological polar surface area (TPSA) is 6.48 Å². The maximum atomic E-state index is 3.44. The molecule has 0 amide bonds. The maximum Gasteiger partial charge on any atom is 0.0104 e. The predicted octanol–water partition coefficient (Wildman–Crippen LogP) is 21.6. The van der Waals surface area contributed by atoms with E-state index in [0.717, 1.165) is 166 Å². The van der Waals surface area contributed by atoms with Gasteiger partial charge in [0.1, 0.15) is 0 Å². The summed E-state index contributed by atoms with van der Waals surface area (Å²) in [5.74, 6) is 23.6. The van der Waals surface area contributed by atoms with E-state index >= 15 is 0 Å². The molecule has 2 nitrogen and oxygen atoms in total.